The molecule has 3 heteroatoms. The number of aliphatic hydroxyl groups excluding tert-OH is 1. The van der Waals surface area contributed by atoms with Crippen LogP contribution in [0, 0.1) is 11.3 Å². The number of rotatable bonds is 4. The van der Waals surface area contributed by atoms with Crippen LogP contribution in [0.15, 0.2) is 0 Å². The van der Waals surface area contributed by atoms with Gasteiger partial charge >= 0.3 is 0 Å². The van der Waals surface area contributed by atoms with Crippen LogP contribution >= 0.6 is 0 Å². The zero-order valence-electron chi connectivity index (χ0n) is 6.59. The van der Waals surface area contributed by atoms with Gasteiger partial charge in [0.25, 0.3) is 0 Å². The molecule has 0 rings (SSSR count). The standard InChI is InChI=1S/C7H16N2O/c1-5(2)7(9)6(10)3-4-8/h5-6,9-10H,3-4,8H2,1-2H3. The molecule has 0 amide bonds. The molecule has 4 N–H and O–H groups in total. The molecule has 0 saturated carbocycles. The summed E-state index contributed by atoms with van der Waals surface area (Å²) in [6.45, 7) is 4.22. The van der Waals surface area contributed by atoms with E-state index in [2.05, 4.69) is 0 Å². The van der Waals surface area contributed by atoms with Crippen molar-refractivity contribution < 1.29 is 5.11 Å². The van der Waals surface area contributed by atoms with Gasteiger partial charge in [0, 0.05) is 5.71 Å². The van der Waals surface area contributed by atoms with Crippen LogP contribution < -0.4 is 5.73 Å². The number of nitrogens with two attached hydrogens (primary N) is 1. The van der Waals surface area contributed by atoms with Crippen LogP contribution in [0.5, 0.6) is 0 Å². The Morgan fingerprint density at radius 1 is 1.60 bits per heavy atom. The van der Waals surface area contributed by atoms with Gasteiger partial charge in [0.2, 0.25) is 0 Å². The Morgan fingerprint density at radius 2 is 2.10 bits per heavy atom. The Morgan fingerprint density at radius 3 is 2.40 bits per heavy atom. The van der Waals surface area contributed by atoms with E-state index >= 15 is 0 Å². The van der Waals surface area contributed by atoms with Gasteiger partial charge in [0.05, 0.1) is 6.10 Å². The zero-order valence-corrected chi connectivity index (χ0v) is 6.59. The fourth-order valence-electron chi connectivity index (χ4n) is 0.698. The molecule has 0 fully saturated rings. The lowest BCUT2D eigenvalue weighted by atomic mass is 10.0. The van der Waals surface area contributed by atoms with Crippen LogP contribution in [0.1, 0.15) is 20.3 Å². The lowest BCUT2D eigenvalue weighted by Gasteiger charge is -2.13. The van der Waals surface area contributed by atoms with Crippen molar-refractivity contribution >= 4 is 5.71 Å². The quantitative estimate of drug-likeness (QED) is 0.499. The van der Waals surface area contributed by atoms with E-state index in [0.717, 1.165) is 0 Å². The van der Waals surface area contributed by atoms with Gasteiger partial charge in [-0.05, 0) is 18.9 Å². The predicted octanol–water partition coefficient (Wildman–Crippen LogP) is 0.372. The third-order valence-corrected chi connectivity index (χ3v) is 1.42. The Balaban J connectivity index is 3.71. The largest absolute Gasteiger partial charge is 0.387 e. The topological polar surface area (TPSA) is 70.1 Å². The summed E-state index contributed by atoms with van der Waals surface area (Å²) in [4.78, 5) is 0. The van der Waals surface area contributed by atoms with Crippen molar-refractivity contribution in [3.8, 4) is 0 Å². The first kappa shape index (κ1) is 9.59. The second-order valence-electron chi connectivity index (χ2n) is 2.70. The number of hydrogen-bond donors (Lipinski definition) is 3. The van der Waals surface area contributed by atoms with Gasteiger partial charge in [-0.25, -0.2) is 0 Å². The molecule has 0 spiro atoms. The summed E-state index contributed by atoms with van der Waals surface area (Å²) in [6, 6.07) is 0. The first-order valence-corrected chi connectivity index (χ1v) is 3.56. The second kappa shape index (κ2) is 4.41. The van der Waals surface area contributed by atoms with Crippen molar-refractivity contribution in [3.05, 3.63) is 0 Å². The summed E-state index contributed by atoms with van der Waals surface area (Å²) in [5.41, 5.74) is 5.59. The first-order chi connectivity index (χ1) is 4.59. The minimum Gasteiger partial charge on any atom is -0.387 e. The maximum absolute atomic E-state index is 9.18. The van der Waals surface area contributed by atoms with E-state index < -0.39 is 6.10 Å². The molecule has 0 heterocycles. The number of nitrogens with one attached hydrogen (secondary N) is 1. The third-order valence-electron chi connectivity index (χ3n) is 1.42. The first-order valence-electron chi connectivity index (χ1n) is 3.56. The van der Waals surface area contributed by atoms with Gasteiger partial charge in [-0.3, -0.25) is 0 Å². The molecule has 0 aromatic carbocycles. The molecule has 0 saturated heterocycles. The van der Waals surface area contributed by atoms with E-state index in [4.69, 9.17) is 11.1 Å². The summed E-state index contributed by atoms with van der Waals surface area (Å²) in [5, 5.41) is 16.5. The van der Waals surface area contributed by atoms with E-state index in [1.807, 2.05) is 13.8 Å². The Kier molecular flexibility index (Phi) is 4.23. The molecule has 0 aromatic heterocycles. The molecular formula is C7H16N2O. The molecule has 10 heavy (non-hydrogen) atoms. The van der Waals surface area contributed by atoms with Crippen molar-refractivity contribution in [3.63, 3.8) is 0 Å². The van der Waals surface area contributed by atoms with E-state index in [9.17, 15) is 5.11 Å². The normalized spacial score (nSPS) is 13.7. The average Bonchev–Trinajstić information content (AvgIpc) is 1.87. The molecule has 60 valence electrons. The van der Waals surface area contributed by atoms with Crippen molar-refractivity contribution in [1.82, 2.24) is 0 Å². The van der Waals surface area contributed by atoms with Crippen LogP contribution in [0.25, 0.3) is 0 Å². The third kappa shape index (κ3) is 2.94. The highest BCUT2D eigenvalue weighted by atomic mass is 16.3. The molecule has 0 radical (unpaired) electrons. The Labute approximate surface area is 61.7 Å². The fraction of sp³-hybridized carbons (Fsp3) is 0.857. The molecule has 0 bridgehead atoms. The summed E-state index contributed by atoms with van der Waals surface area (Å²) in [5.74, 6) is 0.126. The highest BCUT2D eigenvalue weighted by Crippen LogP contribution is 2.02. The predicted molar refractivity (Wildman–Crippen MR) is 42.2 cm³/mol. The molecule has 0 aromatic rings. The minimum atomic E-state index is -0.634. The maximum atomic E-state index is 9.18. The smallest absolute Gasteiger partial charge is 0.0928 e. The molecule has 1 atom stereocenters. The zero-order chi connectivity index (χ0) is 8.15. The monoisotopic (exact) mass is 144 g/mol. The van der Waals surface area contributed by atoms with E-state index in [1.165, 1.54) is 0 Å². The minimum absolute atomic E-state index is 0.126. The molecule has 0 aliphatic heterocycles. The summed E-state index contributed by atoms with van der Waals surface area (Å²) >= 11 is 0. The summed E-state index contributed by atoms with van der Waals surface area (Å²) in [6.07, 6.45) is -0.137. The molecule has 3 nitrogen and oxygen atoms in total. The highest BCUT2D eigenvalue weighted by Gasteiger charge is 2.12. The van der Waals surface area contributed by atoms with Gasteiger partial charge in [-0.1, -0.05) is 13.8 Å². The number of aliphatic hydroxyl groups is 1. The second-order valence-corrected chi connectivity index (χ2v) is 2.70. The van der Waals surface area contributed by atoms with Gasteiger partial charge in [0.15, 0.2) is 0 Å². The van der Waals surface area contributed by atoms with Crippen LogP contribution in [-0.4, -0.2) is 23.5 Å². The van der Waals surface area contributed by atoms with Crippen LogP contribution in [0.2, 0.25) is 0 Å². The van der Waals surface area contributed by atoms with E-state index in [1.54, 1.807) is 0 Å². The SMILES string of the molecule is CC(C)C(=N)C(O)CCN. The van der Waals surface area contributed by atoms with Gasteiger partial charge in [0.1, 0.15) is 0 Å². The van der Waals surface area contributed by atoms with E-state index in [0.29, 0.717) is 18.7 Å². The van der Waals surface area contributed by atoms with Gasteiger partial charge < -0.3 is 16.2 Å². The lowest BCUT2D eigenvalue weighted by Crippen LogP contribution is -2.26. The maximum Gasteiger partial charge on any atom is 0.0928 e. The summed E-state index contributed by atoms with van der Waals surface area (Å²) < 4.78 is 0. The van der Waals surface area contributed by atoms with Crippen molar-refractivity contribution in [2.45, 2.75) is 26.4 Å². The number of hydrogen-bond acceptors (Lipinski definition) is 3. The van der Waals surface area contributed by atoms with Crippen molar-refractivity contribution in [2.24, 2.45) is 11.7 Å². The summed E-state index contributed by atoms with van der Waals surface area (Å²) in [7, 11) is 0. The molecule has 1 unspecified atom stereocenters. The fourth-order valence-corrected chi connectivity index (χ4v) is 0.698. The van der Waals surface area contributed by atoms with Crippen LogP contribution in [0.3, 0.4) is 0 Å². The van der Waals surface area contributed by atoms with Crippen LogP contribution in [-0.2, 0) is 0 Å². The Bertz CT molecular complexity index is 112. The van der Waals surface area contributed by atoms with Crippen molar-refractivity contribution in [2.75, 3.05) is 6.54 Å². The van der Waals surface area contributed by atoms with Crippen molar-refractivity contribution in [1.29, 1.82) is 5.41 Å². The highest BCUT2D eigenvalue weighted by molar-refractivity contribution is 5.87. The average molecular weight is 144 g/mol. The van der Waals surface area contributed by atoms with E-state index in [-0.39, 0.29) is 5.92 Å². The van der Waals surface area contributed by atoms with Crippen LogP contribution in [0.4, 0.5) is 0 Å². The lowest BCUT2D eigenvalue weighted by molar-refractivity contribution is 0.227. The molecule has 0 aliphatic carbocycles. The molecule has 0 aliphatic rings. The van der Waals surface area contributed by atoms with Gasteiger partial charge in [-0.2, -0.15) is 0 Å². The van der Waals surface area contributed by atoms with Gasteiger partial charge in [-0.15, -0.1) is 0 Å². The Hall–Kier alpha value is -0.410. The molecular weight excluding hydrogens is 128 g/mol.